The summed E-state index contributed by atoms with van der Waals surface area (Å²) in [6.45, 7) is 7.11. The Balaban J connectivity index is 1.85. The molecule has 1 aliphatic rings. The van der Waals surface area contributed by atoms with Crippen LogP contribution >= 0.6 is 0 Å². The molecule has 21 heavy (non-hydrogen) atoms. The number of aliphatic carboxylic acids is 1. The lowest BCUT2D eigenvalue weighted by Crippen LogP contribution is -2.54. The van der Waals surface area contributed by atoms with Gasteiger partial charge in [-0.2, -0.15) is 0 Å². The summed E-state index contributed by atoms with van der Waals surface area (Å²) in [5, 5.41) is 9.04. The van der Waals surface area contributed by atoms with Gasteiger partial charge in [-0.25, -0.2) is 4.39 Å². The number of hydrogen-bond donors (Lipinski definition) is 1. The number of carboxylic acids is 1. The molecular formula is C16H23FN2O2. The van der Waals surface area contributed by atoms with E-state index in [9.17, 15) is 9.18 Å². The quantitative estimate of drug-likeness (QED) is 0.900. The SMILES string of the molecule is CC(Cc1cccc(F)c1)N1CCN(C(C)C(=O)O)CC1. The number of carbonyl (C=O) groups is 1. The fraction of sp³-hybridized carbons (Fsp3) is 0.562. The molecule has 1 heterocycles. The molecule has 5 heteroatoms. The Morgan fingerprint density at radius 1 is 1.24 bits per heavy atom. The molecule has 2 unspecified atom stereocenters. The smallest absolute Gasteiger partial charge is 0.320 e. The number of nitrogens with zero attached hydrogens (tertiary/aromatic N) is 2. The topological polar surface area (TPSA) is 43.8 Å². The number of carboxylic acid groups (broad SMARTS) is 1. The fourth-order valence-corrected chi connectivity index (χ4v) is 2.86. The van der Waals surface area contributed by atoms with Gasteiger partial charge in [0.25, 0.3) is 0 Å². The average molecular weight is 294 g/mol. The lowest BCUT2D eigenvalue weighted by molar-refractivity contribution is -0.143. The summed E-state index contributed by atoms with van der Waals surface area (Å²) in [6.07, 6.45) is 0.812. The molecule has 4 nitrogen and oxygen atoms in total. The Bertz CT molecular complexity index is 487. The van der Waals surface area contributed by atoms with Crippen molar-refractivity contribution in [1.29, 1.82) is 0 Å². The minimum atomic E-state index is -0.767. The van der Waals surface area contributed by atoms with E-state index >= 15 is 0 Å². The zero-order chi connectivity index (χ0) is 15.4. The van der Waals surface area contributed by atoms with Crippen LogP contribution in [0, 0.1) is 5.82 Å². The largest absolute Gasteiger partial charge is 0.480 e. The van der Waals surface area contributed by atoms with E-state index in [2.05, 4.69) is 11.8 Å². The van der Waals surface area contributed by atoms with Crippen LogP contribution in [-0.2, 0) is 11.2 Å². The first-order chi connectivity index (χ1) is 9.97. The summed E-state index contributed by atoms with van der Waals surface area (Å²) in [4.78, 5) is 15.3. The molecule has 0 radical (unpaired) electrons. The van der Waals surface area contributed by atoms with Crippen LogP contribution in [-0.4, -0.2) is 59.1 Å². The maximum atomic E-state index is 13.2. The summed E-state index contributed by atoms with van der Waals surface area (Å²) >= 11 is 0. The summed E-state index contributed by atoms with van der Waals surface area (Å²) < 4.78 is 13.2. The molecular weight excluding hydrogens is 271 g/mol. The second-order valence-electron chi connectivity index (χ2n) is 5.77. The summed E-state index contributed by atoms with van der Waals surface area (Å²) in [5.74, 6) is -0.962. The van der Waals surface area contributed by atoms with Crippen LogP contribution in [0.1, 0.15) is 19.4 Å². The van der Waals surface area contributed by atoms with Crippen molar-refractivity contribution >= 4 is 5.97 Å². The monoisotopic (exact) mass is 294 g/mol. The first-order valence-corrected chi connectivity index (χ1v) is 7.42. The van der Waals surface area contributed by atoms with Crippen LogP contribution in [0.5, 0.6) is 0 Å². The molecule has 2 atom stereocenters. The van der Waals surface area contributed by atoms with Gasteiger partial charge < -0.3 is 5.11 Å². The number of hydrogen-bond acceptors (Lipinski definition) is 3. The van der Waals surface area contributed by atoms with E-state index in [0.717, 1.165) is 38.2 Å². The van der Waals surface area contributed by atoms with E-state index in [0.29, 0.717) is 6.04 Å². The highest BCUT2D eigenvalue weighted by atomic mass is 19.1. The second kappa shape index (κ2) is 7.00. The highest BCUT2D eigenvalue weighted by molar-refractivity contribution is 5.72. The van der Waals surface area contributed by atoms with E-state index in [1.165, 1.54) is 6.07 Å². The molecule has 1 fully saturated rings. The average Bonchev–Trinajstić information content (AvgIpc) is 2.46. The number of piperazine rings is 1. The van der Waals surface area contributed by atoms with Crippen molar-refractivity contribution in [1.82, 2.24) is 9.80 Å². The van der Waals surface area contributed by atoms with Gasteiger partial charge in [0.2, 0.25) is 0 Å². The van der Waals surface area contributed by atoms with Gasteiger partial charge in [-0.3, -0.25) is 14.6 Å². The highest BCUT2D eigenvalue weighted by Crippen LogP contribution is 2.14. The lowest BCUT2D eigenvalue weighted by Gasteiger charge is -2.39. The molecule has 0 aliphatic carbocycles. The molecule has 0 spiro atoms. The molecule has 1 saturated heterocycles. The summed E-state index contributed by atoms with van der Waals surface area (Å²) in [7, 11) is 0. The molecule has 116 valence electrons. The van der Waals surface area contributed by atoms with Crippen molar-refractivity contribution in [2.24, 2.45) is 0 Å². The lowest BCUT2D eigenvalue weighted by atomic mass is 10.0. The van der Waals surface area contributed by atoms with Crippen molar-refractivity contribution in [3.8, 4) is 0 Å². The molecule has 1 N–H and O–H groups in total. The van der Waals surface area contributed by atoms with Crippen LogP contribution in [0.4, 0.5) is 4.39 Å². The Kier molecular flexibility index (Phi) is 5.31. The van der Waals surface area contributed by atoms with E-state index in [-0.39, 0.29) is 5.82 Å². The van der Waals surface area contributed by atoms with Gasteiger partial charge in [0.05, 0.1) is 0 Å². The molecule has 0 aromatic heterocycles. The van der Waals surface area contributed by atoms with Crippen LogP contribution in [0.3, 0.4) is 0 Å². The fourth-order valence-electron chi connectivity index (χ4n) is 2.86. The number of rotatable bonds is 5. The standard InChI is InChI=1S/C16H23FN2O2/c1-12(10-14-4-3-5-15(17)11-14)18-6-8-19(9-7-18)13(2)16(20)21/h3-5,11-13H,6-10H2,1-2H3,(H,20,21). The second-order valence-corrected chi connectivity index (χ2v) is 5.77. The van der Waals surface area contributed by atoms with Crippen molar-refractivity contribution in [2.45, 2.75) is 32.4 Å². The van der Waals surface area contributed by atoms with Crippen molar-refractivity contribution in [3.05, 3.63) is 35.6 Å². The first-order valence-electron chi connectivity index (χ1n) is 7.42. The third kappa shape index (κ3) is 4.25. The van der Waals surface area contributed by atoms with Gasteiger partial charge in [-0.1, -0.05) is 12.1 Å². The minimum absolute atomic E-state index is 0.195. The normalized spacial score (nSPS) is 20.1. The zero-order valence-corrected chi connectivity index (χ0v) is 12.6. The van der Waals surface area contributed by atoms with Crippen LogP contribution in [0.25, 0.3) is 0 Å². The number of benzene rings is 1. The van der Waals surface area contributed by atoms with Crippen molar-refractivity contribution in [3.63, 3.8) is 0 Å². The Morgan fingerprint density at radius 2 is 1.86 bits per heavy atom. The summed E-state index contributed by atoms with van der Waals surface area (Å²) in [6, 6.07) is 6.63. The molecule has 1 aromatic carbocycles. The predicted octanol–water partition coefficient (Wildman–Crippen LogP) is 1.85. The van der Waals surface area contributed by atoms with E-state index < -0.39 is 12.0 Å². The maximum absolute atomic E-state index is 13.2. The Morgan fingerprint density at radius 3 is 2.43 bits per heavy atom. The molecule has 1 aromatic rings. The van der Waals surface area contributed by atoms with E-state index in [1.807, 2.05) is 11.0 Å². The van der Waals surface area contributed by atoms with Gasteiger partial charge >= 0.3 is 5.97 Å². The summed E-state index contributed by atoms with van der Waals surface area (Å²) in [5.41, 5.74) is 1.00. The van der Waals surface area contributed by atoms with Gasteiger partial charge in [0.15, 0.2) is 0 Å². The third-order valence-electron chi connectivity index (χ3n) is 4.30. The van der Waals surface area contributed by atoms with Crippen LogP contribution < -0.4 is 0 Å². The predicted molar refractivity (Wildman–Crippen MR) is 79.8 cm³/mol. The van der Waals surface area contributed by atoms with Crippen molar-refractivity contribution in [2.75, 3.05) is 26.2 Å². The maximum Gasteiger partial charge on any atom is 0.320 e. The van der Waals surface area contributed by atoms with Crippen molar-refractivity contribution < 1.29 is 14.3 Å². The molecule has 1 aliphatic heterocycles. The van der Waals surface area contributed by atoms with Gasteiger partial charge in [0, 0.05) is 32.2 Å². The van der Waals surface area contributed by atoms with E-state index in [1.54, 1.807) is 19.1 Å². The Labute approximate surface area is 125 Å². The zero-order valence-electron chi connectivity index (χ0n) is 12.6. The van der Waals surface area contributed by atoms with E-state index in [4.69, 9.17) is 5.11 Å². The molecule has 0 bridgehead atoms. The molecule has 2 rings (SSSR count). The highest BCUT2D eigenvalue weighted by Gasteiger charge is 2.26. The Hall–Kier alpha value is -1.46. The molecule has 0 amide bonds. The molecule has 0 saturated carbocycles. The number of halogens is 1. The first kappa shape index (κ1) is 15.9. The minimum Gasteiger partial charge on any atom is -0.480 e. The van der Waals surface area contributed by atoms with Gasteiger partial charge in [0.1, 0.15) is 11.9 Å². The van der Waals surface area contributed by atoms with Gasteiger partial charge in [-0.05, 0) is 38.0 Å². The van der Waals surface area contributed by atoms with Gasteiger partial charge in [-0.15, -0.1) is 0 Å². The van der Waals surface area contributed by atoms with Crippen LogP contribution in [0.2, 0.25) is 0 Å². The van der Waals surface area contributed by atoms with Crippen LogP contribution in [0.15, 0.2) is 24.3 Å². The third-order valence-corrected chi connectivity index (χ3v) is 4.30.